The van der Waals surface area contributed by atoms with Crippen molar-refractivity contribution in [2.75, 3.05) is 0 Å². The van der Waals surface area contributed by atoms with Gasteiger partial charge in [0.05, 0.1) is 0 Å². The molecule has 0 aliphatic rings. The van der Waals surface area contributed by atoms with Crippen LogP contribution in [0.1, 0.15) is 13.8 Å². The predicted octanol–water partition coefficient (Wildman–Crippen LogP) is 11.3. The minimum atomic E-state index is 0. The van der Waals surface area contributed by atoms with Gasteiger partial charge in [-0.2, -0.15) is 0 Å². The Morgan fingerprint density at radius 1 is 0.356 bits per heavy atom. The van der Waals surface area contributed by atoms with Crippen LogP contribution in [0.25, 0.3) is 44.5 Å². The van der Waals surface area contributed by atoms with Crippen LogP contribution in [0.15, 0.2) is 158 Å². The molecule has 6 aromatic rings. The van der Waals surface area contributed by atoms with E-state index < -0.39 is 0 Å². The molecule has 0 bridgehead atoms. The van der Waals surface area contributed by atoms with E-state index in [0.29, 0.717) is 11.5 Å². The molecule has 45 heavy (non-hydrogen) atoms. The van der Waals surface area contributed by atoms with Crippen molar-refractivity contribution in [2.45, 2.75) is 13.8 Å². The van der Waals surface area contributed by atoms with Crippen molar-refractivity contribution in [1.82, 2.24) is 0 Å². The SMILES string of the molecule is Oc1c(-c2ccccc2)cccc1-c1ccccc1.Oc1c(-c2ccccc2)cccc1-c1ccccc1.[CH2-][C](C)[C]([CH2-])C.[Ti+2]. The summed E-state index contributed by atoms with van der Waals surface area (Å²) in [5.74, 6) is 2.80. The number of hydrogen-bond donors (Lipinski definition) is 2. The summed E-state index contributed by atoms with van der Waals surface area (Å²) < 4.78 is 0. The molecule has 0 aromatic heterocycles. The number of aromatic hydroxyl groups is 2. The average molecular weight is 623 g/mol. The summed E-state index contributed by atoms with van der Waals surface area (Å²) in [5.41, 5.74) is 7.55. The van der Waals surface area contributed by atoms with E-state index in [0.717, 1.165) is 56.3 Å². The van der Waals surface area contributed by atoms with Gasteiger partial charge in [0.1, 0.15) is 11.5 Å². The first-order valence-electron chi connectivity index (χ1n) is 14.5. The molecule has 222 valence electrons. The van der Waals surface area contributed by atoms with Crippen LogP contribution >= 0.6 is 0 Å². The first-order valence-corrected chi connectivity index (χ1v) is 14.5. The Bertz CT molecular complexity index is 1450. The van der Waals surface area contributed by atoms with Crippen LogP contribution in [0.5, 0.6) is 11.5 Å². The Labute approximate surface area is 284 Å². The molecule has 0 atom stereocenters. The maximum atomic E-state index is 10.5. The summed E-state index contributed by atoms with van der Waals surface area (Å²) in [6.07, 6.45) is 0. The molecule has 6 aromatic carbocycles. The van der Waals surface area contributed by atoms with Gasteiger partial charge in [-0.3, -0.25) is 0 Å². The molecule has 0 amide bonds. The summed E-state index contributed by atoms with van der Waals surface area (Å²) in [6, 6.07) is 51.5. The molecule has 0 saturated heterocycles. The zero-order valence-corrected chi connectivity index (χ0v) is 27.4. The van der Waals surface area contributed by atoms with Crippen molar-refractivity contribution in [1.29, 1.82) is 0 Å². The van der Waals surface area contributed by atoms with E-state index in [-0.39, 0.29) is 21.7 Å². The van der Waals surface area contributed by atoms with E-state index in [1.54, 1.807) is 0 Å². The number of para-hydroxylation sites is 2. The van der Waals surface area contributed by atoms with E-state index in [1.165, 1.54) is 0 Å². The maximum absolute atomic E-state index is 10.5. The zero-order chi connectivity index (χ0) is 31.3. The molecule has 3 heteroatoms. The molecule has 0 fully saturated rings. The van der Waals surface area contributed by atoms with Crippen molar-refractivity contribution < 1.29 is 31.9 Å². The van der Waals surface area contributed by atoms with Gasteiger partial charge in [-0.25, -0.2) is 11.8 Å². The van der Waals surface area contributed by atoms with Crippen LogP contribution < -0.4 is 0 Å². The summed E-state index contributed by atoms with van der Waals surface area (Å²) >= 11 is 0. The predicted molar refractivity (Wildman–Crippen MR) is 187 cm³/mol. The Hall–Kier alpha value is -4.37. The van der Waals surface area contributed by atoms with E-state index in [1.807, 2.05) is 172 Å². The number of rotatable bonds is 5. The van der Waals surface area contributed by atoms with Gasteiger partial charge in [0.15, 0.2) is 0 Å². The van der Waals surface area contributed by atoms with Crippen LogP contribution in [-0.2, 0) is 21.7 Å². The fraction of sp³-hybridized carbons (Fsp3) is 0.0476. The zero-order valence-electron chi connectivity index (χ0n) is 25.8. The summed E-state index contributed by atoms with van der Waals surface area (Å²) in [5, 5.41) is 21.0. The third-order valence-electron chi connectivity index (χ3n) is 7.14. The van der Waals surface area contributed by atoms with E-state index in [9.17, 15) is 10.2 Å². The fourth-order valence-electron chi connectivity index (χ4n) is 4.49. The number of hydrogen-bond acceptors (Lipinski definition) is 2. The Morgan fingerprint density at radius 3 is 0.733 bits per heavy atom. The van der Waals surface area contributed by atoms with Crippen LogP contribution in [0, 0.1) is 25.7 Å². The van der Waals surface area contributed by atoms with Crippen LogP contribution in [0.3, 0.4) is 0 Å². The average Bonchev–Trinajstić information content (AvgIpc) is 3.07. The molecule has 0 heterocycles. The molecule has 6 rings (SSSR count). The topological polar surface area (TPSA) is 40.5 Å². The van der Waals surface area contributed by atoms with Gasteiger partial charge in [-0.1, -0.05) is 172 Å². The number of benzene rings is 6. The summed E-state index contributed by atoms with van der Waals surface area (Å²) in [6.45, 7) is 11.2. The molecule has 0 unspecified atom stereocenters. The molecule has 0 spiro atoms. The van der Waals surface area contributed by atoms with E-state index in [2.05, 4.69) is 13.8 Å². The van der Waals surface area contributed by atoms with Gasteiger partial charge >= 0.3 is 21.7 Å². The first-order chi connectivity index (χ1) is 21.4. The largest absolute Gasteiger partial charge is 2.00 e. The van der Waals surface area contributed by atoms with Gasteiger partial charge in [-0.05, 0) is 22.3 Å². The van der Waals surface area contributed by atoms with Gasteiger partial charge in [0, 0.05) is 22.3 Å². The number of phenols is 2. The third kappa shape index (κ3) is 9.81. The van der Waals surface area contributed by atoms with Crippen LogP contribution in [-0.4, -0.2) is 10.2 Å². The van der Waals surface area contributed by atoms with Crippen molar-refractivity contribution >= 4 is 0 Å². The Balaban J connectivity index is 0.000000205. The van der Waals surface area contributed by atoms with Gasteiger partial charge in [0.2, 0.25) is 0 Å². The second-order valence-corrected chi connectivity index (χ2v) is 10.4. The molecule has 0 aliphatic heterocycles. The van der Waals surface area contributed by atoms with Gasteiger partial charge in [-0.15, -0.1) is 0 Å². The van der Waals surface area contributed by atoms with E-state index in [4.69, 9.17) is 0 Å². The van der Waals surface area contributed by atoms with Crippen LogP contribution in [0.4, 0.5) is 0 Å². The smallest absolute Gasteiger partial charge is 0.507 e. The van der Waals surface area contributed by atoms with Crippen molar-refractivity contribution in [2.24, 2.45) is 0 Å². The molecule has 2 nitrogen and oxygen atoms in total. The Kier molecular flexibility index (Phi) is 13.9. The van der Waals surface area contributed by atoms with Crippen molar-refractivity contribution in [3.8, 4) is 56.0 Å². The Morgan fingerprint density at radius 2 is 0.556 bits per heavy atom. The maximum Gasteiger partial charge on any atom is 2.00 e. The minimum Gasteiger partial charge on any atom is -0.507 e. The third-order valence-corrected chi connectivity index (χ3v) is 7.14. The van der Waals surface area contributed by atoms with Gasteiger partial charge < -0.3 is 24.1 Å². The molecule has 2 radical (unpaired) electrons. The van der Waals surface area contributed by atoms with Crippen molar-refractivity contribution in [3.63, 3.8) is 0 Å². The van der Waals surface area contributed by atoms with E-state index >= 15 is 0 Å². The normalized spacial score (nSPS) is 10.2. The molecular weight excluding hydrogens is 584 g/mol. The van der Waals surface area contributed by atoms with Gasteiger partial charge in [0.25, 0.3) is 0 Å². The quantitative estimate of drug-likeness (QED) is 0.148. The van der Waals surface area contributed by atoms with Crippen LogP contribution in [0.2, 0.25) is 0 Å². The fourth-order valence-corrected chi connectivity index (χ4v) is 4.49. The monoisotopic (exact) mass is 622 g/mol. The minimum absolute atomic E-state index is 0. The standard InChI is InChI=1S/2C18H14O.C6H10.Ti/c2*19-18-16(14-8-3-1-4-9-14)12-7-13-17(18)15-10-5-2-6-11-15;1-5(2)6(3)4;/h2*1-13,19H;1,3H2,2,4H3;/q;;-2;+2. The van der Waals surface area contributed by atoms with Crippen molar-refractivity contribution in [3.05, 3.63) is 183 Å². The molecular formula is C42H38O2Ti. The number of phenolic OH excluding ortho intramolecular Hbond substituents is 2. The molecule has 0 aliphatic carbocycles. The molecule has 0 saturated carbocycles. The second kappa shape index (κ2) is 17.8. The summed E-state index contributed by atoms with van der Waals surface area (Å²) in [4.78, 5) is 0. The first kappa shape index (κ1) is 35.1. The second-order valence-electron chi connectivity index (χ2n) is 10.4. The summed E-state index contributed by atoms with van der Waals surface area (Å²) in [7, 11) is 0. The molecule has 2 N–H and O–H groups in total.